The highest BCUT2D eigenvalue weighted by Crippen LogP contribution is 2.43. The summed E-state index contributed by atoms with van der Waals surface area (Å²) in [5.41, 5.74) is -0.834. The van der Waals surface area contributed by atoms with Crippen molar-refractivity contribution >= 4 is 51.1 Å². The van der Waals surface area contributed by atoms with Crippen LogP contribution in [0.5, 0.6) is 0 Å². The van der Waals surface area contributed by atoms with E-state index in [2.05, 4.69) is 10.3 Å². The maximum Gasteiger partial charge on any atom is 0.437 e. The molecule has 0 spiro atoms. The quantitative estimate of drug-likeness (QED) is 0.341. The van der Waals surface area contributed by atoms with Gasteiger partial charge in [-0.25, -0.2) is 26.9 Å². The lowest BCUT2D eigenvalue weighted by atomic mass is 10.0. The first kappa shape index (κ1) is 31.6. The summed E-state index contributed by atoms with van der Waals surface area (Å²) in [5, 5.41) is 3.39. The van der Waals surface area contributed by atoms with Crippen LogP contribution in [0.25, 0.3) is 21.8 Å². The van der Waals surface area contributed by atoms with Crippen LogP contribution < -0.4 is 5.32 Å². The fourth-order valence-electron chi connectivity index (χ4n) is 4.39. The van der Waals surface area contributed by atoms with Gasteiger partial charge in [-0.3, -0.25) is 0 Å². The zero-order valence-electron chi connectivity index (χ0n) is 24.8. The third-order valence-corrected chi connectivity index (χ3v) is 9.91. The first-order valence-corrected chi connectivity index (χ1v) is 16.0. The number of sulfonamides is 1. The molecule has 4 rings (SSSR count). The molecule has 0 unspecified atom stereocenters. The summed E-state index contributed by atoms with van der Waals surface area (Å²) >= 11 is 7.99. The lowest BCUT2D eigenvalue weighted by molar-refractivity contribution is 0.0540. The number of carbonyl (C=O) groups is 2. The molecular formula is C29H35ClN4O6S2. The van der Waals surface area contributed by atoms with Crippen molar-refractivity contribution in [2.24, 2.45) is 4.99 Å². The third kappa shape index (κ3) is 6.82. The molecule has 1 fully saturated rings. The molecule has 13 heteroatoms. The molecule has 1 saturated heterocycles. The van der Waals surface area contributed by atoms with Gasteiger partial charge in [-0.05, 0) is 72.2 Å². The number of rotatable bonds is 3. The molecule has 3 aromatic rings. The minimum Gasteiger partial charge on any atom is -0.443 e. The van der Waals surface area contributed by atoms with E-state index in [1.54, 1.807) is 60.6 Å². The van der Waals surface area contributed by atoms with Gasteiger partial charge in [0.05, 0.1) is 37.5 Å². The molecule has 2 aromatic heterocycles. The van der Waals surface area contributed by atoms with Crippen LogP contribution in [-0.4, -0.2) is 59.4 Å². The number of thiophene rings is 1. The normalized spacial score (nSPS) is 19.8. The number of nitrogens with one attached hydrogen (secondary N) is 1. The summed E-state index contributed by atoms with van der Waals surface area (Å²) in [6, 6.07) is 14.8. The molecular weight excluding hydrogens is 600 g/mol. The number of aliphatic imine (C=N–C) groups is 1. The van der Waals surface area contributed by atoms with E-state index in [-0.39, 0.29) is 11.7 Å². The third-order valence-electron chi connectivity index (χ3n) is 6.13. The molecule has 1 atom stereocenters. The largest absolute Gasteiger partial charge is 0.443 e. The van der Waals surface area contributed by atoms with Crippen molar-refractivity contribution in [3.8, 4) is 21.8 Å². The zero-order chi connectivity index (χ0) is 31.3. The Morgan fingerprint density at radius 1 is 1.00 bits per heavy atom. The molecule has 1 aromatic carbocycles. The zero-order valence-corrected chi connectivity index (χ0v) is 27.2. The Morgan fingerprint density at radius 2 is 1.60 bits per heavy atom. The van der Waals surface area contributed by atoms with Crippen LogP contribution in [0, 0.1) is 0 Å². The average Bonchev–Trinajstić information content (AvgIpc) is 3.44. The standard InChI is InChI=1S/C29H35ClN4O6S2/c1-27(2,3)39-25(35)31-24-32-29(7,17-42(37,38)33(24)8)23-19(30)16-22(41-23)21-15-14-20(18-12-10-9-11-13-18)34(21)26(36)40-28(4,5)6/h9-16H,17H2,1-8H3,(H,31,32,35)/t29-/m0/s1. The highest BCUT2D eigenvalue weighted by molar-refractivity contribution is 7.89. The molecule has 0 radical (unpaired) electrons. The summed E-state index contributed by atoms with van der Waals surface area (Å²) in [6.45, 7) is 12.1. The number of halogens is 1. The molecule has 3 heterocycles. The first-order valence-electron chi connectivity index (χ1n) is 13.2. The van der Waals surface area contributed by atoms with Gasteiger partial charge < -0.3 is 14.8 Å². The highest BCUT2D eigenvalue weighted by atomic mass is 35.5. The van der Waals surface area contributed by atoms with Crippen molar-refractivity contribution in [3.63, 3.8) is 0 Å². The predicted octanol–water partition coefficient (Wildman–Crippen LogP) is 6.69. The molecule has 0 aliphatic carbocycles. The van der Waals surface area contributed by atoms with Crippen LogP contribution in [0.3, 0.4) is 0 Å². The van der Waals surface area contributed by atoms with E-state index in [4.69, 9.17) is 21.1 Å². The van der Waals surface area contributed by atoms with Gasteiger partial charge in [-0.15, -0.1) is 16.3 Å². The number of ether oxygens (including phenoxy) is 2. The molecule has 1 aliphatic rings. The van der Waals surface area contributed by atoms with Crippen LogP contribution in [0.2, 0.25) is 5.02 Å². The van der Waals surface area contributed by atoms with Gasteiger partial charge in [-0.1, -0.05) is 41.9 Å². The van der Waals surface area contributed by atoms with Gasteiger partial charge in [0.15, 0.2) is 0 Å². The number of hydrogen-bond donors (Lipinski definition) is 1. The van der Waals surface area contributed by atoms with E-state index in [0.717, 1.165) is 9.87 Å². The van der Waals surface area contributed by atoms with Crippen LogP contribution in [0.1, 0.15) is 53.3 Å². The second-order valence-corrected chi connectivity index (χ2v) is 15.6. The van der Waals surface area contributed by atoms with E-state index in [0.29, 0.717) is 26.2 Å². The Balaban J connectivity index is 1.80. The molecule has 0 saturated carbocycles. The van der Waals surface area contributed by atoms with E-state index in [1.165, 1.54) is 23.0 Å². The van der Waals surface area contributed by atoms with Crippen molar-refractivity contribution in [2.75, 3.05) is 12.8 Å². The van der Waals surface area contributed by atoms with Gasteiger partial charge in [0.1, 0.15) is 11.2 Å². The van der Waals surface area contributed by atoms with Crippen molar-refractivity contribution in [2.45, 2.75) is 65.2 Å². The number of nitrogens with zero attached hydrogens (tertiary/aromatic N) is 3. The predicted molar refractivity (Wildman–Crippen MR) is 166 cm³/mol. The van der Waals surface area contributed by atoms with Crippen molar-refractivity contribution in [1.29, 1.82) is 0 Å². The van der Waals surface area contributed by atoms with E-state index in [1.807, 2.05) is 36.4 Å². The van der Waals surface area contributed by atoms with Crippen LogP contribution >= 0.6 is 22.9 Å². The summed E-state index contributed by atoms with van der Waals surface area (Å²) in [5.74, 6) is -0.543. The highest BCUT2D eigenvalue weighted by Gasteiger charge is 2.45. The second-order valence-electron chi connectivity index (χ2n) is 12.2. The molecule has 10 nitrogen and oxygen atoms in total. The Hall–Kier alpha value is -3.35. The molecule has 1 amide bonds. The second kappa shape index (κ2) is 11.1. The van der Waals surface area contributed by atoms with E-state index in [9.17, 15) is 18.0 Å². The number of aromatic nitrogens is 1. The monoisotopic (exact) mass is 634 g/mol. The lowest BCUT2D eigenvalue weighted by Crippen LogP contribution is -2.61. The Kier molecular flexibility index (Phi) is 8.31. The molecule has 42 heavy (non-hydrogen) atoms. The summed E-state index contributed by atoms with van der Waals surface area (Å²) in [4.78, 5) is 31.0. The Labute approximate surface area is 255 Å². The number of hydrogen-bond acceptors (Lipinski definition) is 7. The van der Waals surface area contributed by atoms with Crippen LogP contribution in [-0.2, 0) is 25.0 Å². The molecule has 1 aliphatic heterocycles. The van der Waals surface area contributed by atoms with Gasteiger partial charge in [0.2, 0.25) is 16.0 Å². The fourth-order valence-corrected chi connectivity index (χ4v) is 7.63. The number of guanidine groups is 1. The Morgan fingerprint density at radius 3 is 2.19 bits per heavy atom. The summed E-state index contributed by atoms with van der Waals surface area (Å²) in [6.07, 6.45) is -1.50. The van der Waals surface area contributed by atoms with Crippen molar-refractivity contribution in [1.82, 2.24) is 14.2 Å². The minimum absolute atomic E-state index is 0.187. The summed E-state index contributed by atoms with van der Waals surface area (Å²) in [7, 11) is -2.59. The number of amides is 1. The SMILES string of the molecule is CN1/C(=N/C(=O)OC(C)(C)C)N[C@](C)(c2sc(-c3ccc(-c4ccccc4)n3C(=O)OC(C)(C)C)cc2Cl)CS1(=O)=O. The van der Waals surface area contributed by atoms with Gasteiger partial charge in [0.25, 0.3) is 0 Å². The molecule has 226 valence electrons. The molecule has 1 N–H and O–H groups in total. The topological polar surface area (TPSA) is 119 Å². The minimum atomic E-state index is -3.90. The van der Waals surface area contributed by atoms with Gasteiger partial charge >= 0.3 is 12.2 Å². The fraction of sp³-hybridized carbons (Fsp3) is 0.414. The van der Waals surface area contributed by atoms with E-state index >= 15 is 0 Å². The smallest absolute Gasteiger partial charge is 0.437 e. The van der Waals surface area contributed by atoms with E-state index < -0.39 is 39.0 Å². The van der Waals surface area contributed by atoms with Crippen molar-refractivity contribution < 1.29 is 27.5 Å². The number of benzene rings is 1. The summed E-state index contributed by atoms with van der Waals surface area (Å²) < 4.78 is 39.9. The van der Waals surface area contributed by atoms with Crippen LogP contribution in [0.4, 0.5) is 9.59 Å². The average molecular weight is 635 g/mol. The maximum atomic E-state index is 13.5. The van der Waals surface area contributed by atoms with Crippen LogP contribution in [0.15, 0.2) is 53.5 Å². The Bertz CT molecular complexity index is 1650. The van der Waals surface area contributed by atoms with Gasteiger partial charge in [-0.2, -0.15) is 0 Å². The van der Waals surface area contributed by atoms with Gasteiger partial charge in [0, 0.05) is 7.05 Å². The lowest BCUT2D eigenvalue weighted by Gasteiger charge is -2.39. The first-order chi connectivity index (χ1) is 19.3. The van der Waals surface area contributed by atoms with Crippen molar-refractivity contribution in [3.05, 3.63) is 58.4 Å². The molecule has 0 bridgehead atoms. The number of carbonyl (C=O) groups excluding carboxylic acids is 2. The maximum absolute atomic E-state index is 13.5.